The second kappa shape index (κ2) is 5.34. The normalized spacial score (nSPS) is 10.2. The van der Waals surface area contributed by atoms with Crippen molar-refractivity contribution >= 4 is 5.97 Å². The van der Waals surface area contributed by atoms with Gasteiger partial charge in [-0.3, -0.25) is 0 Å². The van der Waals surface area contributed by atoms with Crippen LogP contribution < -0.4 is 9.47 Å². The van der Waals surface area contributed by atoms with Crippen LogP contribution >= 0.6 is 0 Å². The molecule has 0 aliphatic rings. The Kier molecular flexibility index (Phi) is 3.60. The minimum absolute atomic E-state index is 0.122. The average Bonchev–Trinajstić information content (AvgIpc) is 2.81. The number of rotatable bonds is 5. The summed E-state index contributed by atoms with van der Waals surface area (Å²) in [6.07, 6.45) is 0. The molecular weight excluding hydrogens is 252 g/mol. The van der Waals surface area contributed by atoms with Gasteiger partial charge in [0.15, 0.2) is 18.1 Å². The molecule has 0 spiro atoms. The van der Waals surface area contributed by atoms with Crippen molar-refractivity contribution in [3.63, 3.8) is 0 Å². The third-order valence-electron chi connectivity index (χ3n) is 2.32. The highest BCUT2D eigenvalue weighted by Crippen LogP contribution is 2.28. The fourth-order valence-electron chi connectivity index (χ4n) is 1.44. The SMILES string of the molecule is COc1cc(C(=O)O)ccc1OCc1nnn(C)n1. The first kappa shape index (κ1) is 12.8. The largest absolute Gasteiger partial charge is 0.493 e. The highest BCUT2D eigenvalue weighted by atomic mass is 16.5. The molecule has 2 aromatic rings. The molecule has 0 aliphatic carbocycles. The van der Waals surface area contributed by atoms with E-state index in [1.54, 1.807) is 7.05 Å². The molecule has 2 rings (SSSR count). The first-order valence-corrected chi connectivity index (χ1v) is 5.37. The van der Waals surface area contributed by atoms with Crippen LogP contribution in [0.1, 0.15) is 16.2 Å². The number of aromatic carboxylic acids is 1. The third-order valence-corrected chi connectivity index (χ3v) is 2.32. The second-order valence-corrected chi connectivity index (χ2v) is 3.65. The number of aromatic nitrogens is 4. The molecule has 19 heavy (non-hydrogen) atoms. The molecule has 1 heterocycles. The average molecular weight is 264 g/mol. The summed E-state index contributed by atoms with van der Waals surface area (Å²) >= 11 is 0. The maximum Gasteiger partial charge on any atom is 0.335 e. The predicted molar refractivity (Wildman–Crippen MR) is 63.1 cm³/mol. The molecule has 8 nitrogen and oxygen atoms in total. The number of aryl methyl sites for hydroxylation is 1. The first-order valence-electron chi connectivity index (χ1n) is 5.37. The summed E-state index contributed by atoms with van der Waals surface area (Å²) in [6, 6.07) is 4.35. The number of hydrogen-bond acceptors (Lipinski definition) is 6. The van der Waals surface area contributed by atoms with Gasteiger partial charge in [-0.1, -0.05) is 0 Å². The molecule has 0 amide bonds. The molecule has 1 aromatic heterocycles. The molecular formula is C11H12N4O4. The van der Waals surface area contributed by atoms with Gasteiger partial charge in [0.25, 0.3) is 0 Å². The first-order chi connectivity index (χ1) is 9.10. The van der Waals surface area contributed by atoms with Gasteiger partial charge in [-0.05, 0) is 23.4 Å². The third kappa shape index (κ3) is 2.97. The molecule has 0 atom stereocenters. The van der Waals surface area contributed by atoms with E-state index < -0.39 is 5.97 Å². The Morgan fingerprint density at radius 1 is 1.42 bits per heavy atom. The fourth-order valence-corrected chi connectivity index (χ4v) is 1.44. The number of carbonyl (C=O) groups is 1. The lowest BCUT2D eigenvalue weighted by Crippen LogP contribution is -2.02. The van der Waals surface area contributed by atoms with Crippen molar-refractivity contribution in [1.29, 1.82) is 0 Å². The second-order valence-electron chi connectivity index (χ2n) is 3.65. The summed E-state index contributed by atoms with van der Waals surface area (Å²) in [5, 5.41) is 20.3. The summed E-state index contributed by atoms with van der Waals surface area (Å²) in [5.41, 5.74) is 0.127. The summed E-state index contributed by atoms with van der Waals surface area (Å²) in [6.45, 7) is 0.122. The summed E-state index contributed by atoms with van der Waals surface area (Å²) in [4.78, 5) is 12.2. The zero-order chi connectivity index (χ0) is 13.8. The van der Waals surface area contributed by atoms with E-state index in [1.165, 1.54) is 30.1 Å². The van der Waals surface area contributed by atoms with Gasteiger partial charge in [-0.25, -0.2) is 4.79 Å². The van der Waals surface area contributed by atoms with Crippen LogP contribution in [0.15, 0.2) is 18.2 Å². The molecule has 0 aliphatic heterocycles. The molecule has 8 heteroatoms. The fraction of sp³-hybridized carbons (Fsp3) is 0.273. The molecule has 0 bridgehead atoms. The van der Waals surface area contributed by atoms with E-state index in [9.17, 15) is 4.79 Å². The van der Waals surface area contributed by atoms with Crippen molar-refractivity contribution in [2.45, 2.75) is 6.61 Å². The Morgan fingerprint density at radius 2 is 2.21 bits per heavy atom. The number of carboxylic acids is 1. The van der Waals surface area contributed by atoms with Crippen LogP contribution in [0.2, 0.25) is 0 Å². The molecule has 1 N–H and O–H groups in total. The standard InChI is InChI=1S/C11H12N4O4/c1-15-13-10(12-14-15)6-19-8-4-3-7(11(16)17)5-9(8)18-2/h3-5H,6H2,1-2H3,(H,16,17). The van der Waals surface area contributed by atoms with E-state index in [0.717, 1.165) is 0 Å². The van der Waals surface area contributed by atoms with E-state index in [0.29, 0.717) is 17.3 Å². The van der Waals surface area contributed by atoms with Crippen LogP contribution in [0.5, 0.6) is 11.5 Å². The van der Waals surface area contributed by atoms with Gasteiger partial charge in [-0.15, -0.1) is 10.2 Å². The van der Waals surface area contributed by atoms with Crippen molar-refractivity contribution in [3.8, 4) is 11.5 Å². The molecule has 0 fully saturated rings. The van der Waals surface area contributed by atoms with Crippen molar-refractivity contribution in [3.05, 3.63) is 29.6 Å². The summed E-state index contributed by atoms with van der Waals surface area (Å²) in [7, 11) is 3.09. The predicted octanol–water partition coefficient (Wildman–Crippen LogP) is 0.496. The van der Waals surface area contributed by atoms with E-state index in [1.807, 2.05) is 0 Å². The van der Waals surface area contributed by atoms with E-state index in [4.69, 9.17) is 14.6 Å². The van der Waals surface area contributed by atoms with Crippen LogP contribution in [0.4, 0.5) is 0 Å². The Hall–Kier alpha value is -2.64. The van der Waals surface area contributed by atoms with Crippen LogP contribution in [0, 0.1) is 0 Å². The highest BCUT2D eigenvalue weighted by molar-refractivity contribution is 5.88. The topological polar surface area (TPSA) is 99.4 Å². The Balaban J connectivity index is 2.13. The lowest BCUT2D eigenvalue weighted by molar-refractivity contribution is 0.0696. The number of ether oxygens (including phenoxy) is 2. The van der Waals surface area contributed by atoms with Crippen LogP contribution in [-0.4, -0.2) is 38.4 Å². The van der Waals surface area contributed by atoms with Gasteiger partial charge in [-0.2, -0.15) is 4.80 Å². The quantitative estimate of drug-likeness (QED) is 0.839. The molecule has 0 saturated heterocycles. The molecule has 1 aromatic carbocycles. The number of benzene rings is 1. The number of tetrazole rings is 1. The van der Waals surface area contributed by atoms with E-state index >= 15 is 0 Å². The van der Waals surface area contributed by atoms with Gasteiger partial charge < -0.3 is 14.6 Å². The summed E-state index contributed by atoms with van der Waals surface area (Å²) in [5.74, 6) is 0.149. The number of nitrogens with zero attached hydrogens (tertiary/aromatic N) is 4. The Bertz CT molecular complexity index is 596. The van der Waals surface area contributed by atoms with Crippen molar-refractivity contribution in [2.75, 3.05) is 7.11 Å². The monoisotopic (exact) mass is 264 g/mol. The smallest absolute Gasteiger partial charge is 0.335 e. The van der Waals surface area contributed by atoms with Crippen LogP contribution in [0.25, 0.3) is 0 Å². The van der Waals surface area contributed by atoms with Gasteiger partial charge in [0.2, 0.25) is 5.82 Å². The van der Waals surface area contributed by atoms with Gasteiger partial charge in [0, 0.05) is 0 Å². The molecule has 100 valence electrons. The number of hydrogen-bond donors (Lipinski definition) is 1. The maximum atomic E-state index is 10.8. The van der Waals surface area contributed by atoms with E-state index in [-0.39, 0.29) is 12.2 Å². The van der Waals surface area contributed by atoms with Gasteiger partial charge in [0.05, 0.1) is 19.7 Å². The number of methoxy groups -OCH3 is 1. The zero-order valence-electron chi connectivity index (χ0n) is 10.4. The van der Waals surface area contributed by atoms with Crippen molar-refractivity contribution in [2.24, 2.45) is 7.05 Å². The minimum atomic E-state index is -1.03. The van der Waals surface area contributed by atoms with Crippen LogP contribution in [0.3, 0.4) is 0 Å². The summed E-state index contributed by atoms with van der Waals surface area (Å²) < 4.78 is 10.5. The van der Waals surface area contributed by atoms with Crippen molar-refractivity contribution < 1.29 is 19.4 Å². The van der Waals surface area contributed by atoms with Gasteiger partial charge >= 0.3 is 5.97 Å². The van der Waals surface area contributed by atoms with E-state index in [2.05, 4.69) is 15.4 Å². The number of carboxylic acid groups (broad SMARTS) is 1. The Labute approximate surface area is 108 Å². The van der Waals surface area contributed by atoms with Gasteiger partial charge in [0.1, 0.15) is 0 Å². The zero-order valence-corrected chi connectivity index (χ0v) is 10.4. The molecule has 0 radical (unpaired) electrons. The maximum absolute atomic E-state index is 10.8. The molecule has 0 saturated carbocycles. The van der Waals surface area contributed by atoms with Crippen LogP contribution in [-0.2, 0) is 13.7 Å². The highest BCUT2D eigenvalue weighted by Gasteiger charge is 2.11. The molecule has 0 unspecified atom stereocenters. The lowest BCUT2D eigenvalue weighted by atomic mass is 10.2. The lowest BCUT2D eigenvalue weighted by Gasteiger charge is -2.09. The van der Waals surface area contributed by atoms with Crippen molar-refractivity contribution in [1.82, 2.24) is 20.2 Å². The Morgan fingerprint density at radius 3 is 2.79 bits per heavy atom. The minimum Gasteiger partial charge on any atom is -0.493 e.